The molecule has 0 unspecified atom stereocenters. The molecule has 0 bridgehead atoms. The fourth-order valence-corrected chi connectivity index (χ4v) is 1.07. The topological polar surface area (TPSA) is 110 Å². The Hall–Kier alpha value is -1.79. The van der Waals surface area contributed by atoms with Crippen molar-refractivity contribution in [2.24, 2.45) is 0 Å². The molecule has 14 heavy (non-hydrogen) atoms. The van der Waals surface area contributed by atoms with Crippen LogP contribution in [0.2, 0.25) is 0 Å². The van der Waals surface area contributed by atoms with E-state index < -0.39 is 11.2 Å². The maximum Gasteiger partial charge on any atom is 0.307 e. The summed E-state index contributed by atoms with van der Waals surface area (Å²) in [6.07, 6.45) is -0.338. The van der Waals surface area contributed by atoms with Crippen molar-refractivity contribution < 1.29 is 15.1 Å². The van der Waals surface area contributed by atoms with E-state index in [1.165, 1.54) is 18.2 Å². The standard InChI is InChI=1S/C8H9N2O4/c9-6-2-1-5(3-8(11)12)7(4-6)10(13)14/h1-2,4,13H,3,9H2,(H,11,12)/q-1. The number of carboxylic acids is 1. The lowest BCUT2D eigenvalue weighted by molar-refractivity contribution is -0.136. The molecule has 0 aliphatic carbocycles. The molecule has 0 saturated heterocycles. The molecule has 0 aliphatic rings. The van der Waals surface area contributed by atoms with Crippen LogP contribution in [-0.2, 0) is 11.2 Å². The molecule has 1 rings (SSSR count). The summed E-state index contributed by atoms with van der Waals surface area (Å²) in [4.78, 5) is 10.4. The van der Waals surface area contributed by atoms with E-state index >= 15 is 0 Å². The quantitative estimate of drug-likeness (QED) is 0.483. The summed E-state index contributed by atoms with van der Waals surface area (Å²) in [7, 11) is 0. The third-order valence-electron chi connectivity index (χ3n) is 1.66. The number of carbonyl (C=O) groups is 1. The average Bonchev–Trinajstić information content (AvgIpc) is 2.07. The van der Waals surface area contributed by atoms with Crippen molar-refractivity contribution in [2.45, 2.75) is 6.42 Å². The molecule has 0 spiro atoms. The number of carboxylic acid groups (broad SMARTS) is 1. The van der Waals surface area contributed by atoms with Crippen LogP contribution in [0.1, 0.15) is 5.56 Å². The summed E-state index contributed by atoms with van der Waals surface area (Å²) in [6.45, 7) is 0. The summed E-state index contributed by atoms with van der Waals surface area (Å²) < 4.78 is 0. The molecule has 1 aromatic rings. The molecule has 6 nitrogen and oxygen atoms in total. The molecule has 0 amide bonds. The zero-order valence-electron chi connectivity index (χ0n) is 7.17. The largest absolute Gasteiger partial charge is 0.733 e. The highest BCUT2D eigenvalue weighted by atomic mass is 16.8. The van der Waals surface area contributed by atoms with Gasteiger partial charge in [0.25, 0.3) is 0 Å². The molecule has 0 atom stereocenters. The molecule has 0 fully saturated rings. The van der Waals surface area contributed by atoms with Gasteiger partial charge in [-0.25, -0.2) is 0 Å². The van der Waals surface area contributed by atoms with E-state index in [-0.39, 0.29) is 23.4 Å². The third kappa shape index (κ3) is 2.35. The van der Waals surface area contributed by atoms with Crippen LogP contribution in [0.25, 0.3) is 0 Å². The van der Waals surface area contributed by atoms with Gasteiger partial charge in [0, 0.05) is 5.69 Å². The lowest BCUT2D eigenvalue weighted by Gasteiger charge is -2.24. The van der Waals surface area contributed by atoms with Gasteiger partial charge in [0.2, 0.25) is 0 Å². The van der Waals surface area contributed by atoms with Crippen molar-refractivity contribution in [1.29, 1.82) is 0 Å². The van der Waals surface area contributed by atoms with Crippen molar-refractivity contribution in [2.75, 3.05) is 11.0 Å². The molecule has 0 saturated carbocycles. The first kappa shape index (κ1) is 10.3. The van der Waals surface area contributed by atoms with Crippen LogP contribution >= 0.6 is 0 Å². The Morgan fingerprint density at radius 2 is 2.21 bits per heavy atom. The highest BCUT2D eigenvalue weighted by Crippen LogP contribution is 2.22. The number of anilines is 2. The maximum absolute atomic E-state index is 10.6. The van der Waals surface area contributed by atoms with E-state index in [0.717, 1.165) is 0 Å². The molecule has 0 aromatic heterocycles. The molecule has 0 heterocycles. The second kappa shape index (κ2) is 3.95. The maximum atomic E-state index is 10.6. The van der Waals surface area contributed by atoms with Gasteiger partial charge in [-0.15, -0.1) is 0 Å². The van der Waals surface area contributed by atoms with Gasteiger partial charge in [-0.2, -0.15) is 0 Å². The van der Waals surface area contributed by atoms with Crippen LogP contribution in [0.5, 0.6) is 0 Å². The van der Waals surface area contributed by atoms with Crippen LogP contribution < -0.4 is 11.0 Å². The van der Waals surface area contributed by atoms with E-state index in [1.807, 2.05) is 0 Å². The predicted octanol–water partition coefficient (Wildman–Crippen LogP) is 0.589. The number of nitrogen functional groups attached to an aromatic ring is 1. The number of hydrogen-bond donors (Lipinski definition) is 3. The van der Waals surface area contributed by atoms with Crippen molar-refractivity contribution in [3.05, 3.63) is 29.0 Å². The minimum Gasteiger partial charge on any atom is -0.733 e. The van der Waals surface area contributed by atoms with E-state index in [0.29, 0.717) is 0 Å². The van der Waals surface area contributed by atoms with E-state index in [4.69, 9.17) is 16.0 Å². The van der Waals surface area contributed by atoms with Gasteiger partial charge in [0.1, 0.15) is 0 Å². The Morgan fingerprint density at radius 1 is 1.57 bits per heavy atom. The van der Waals surface area contributed by atoms with Gasteiger partial charge >= 0.3 is 5.97 Å². The van der Waals surface area contributed by atoms with Crippen LogP contribution in [0.4, 0.5) is 11.4 Å². The average molecular weight is 197 g/mol. The predicted molar refractivity (Wildman–Crippen MR) is 49.8 cm³/mol. The fraction of sp³-hybridized carbons (Fsp3) is 0.125. The molecule has 0 radical (unpaired) electrons. The monoisotopic (exact) mass is 197 g/mol. The molecule has 4 N–H and O–H groups in total. The Labute approximate surface area is 79.7 Å². The molecule has 6 heteroatoms. The minimum atomic E-state index is -1.09. The number of rotatable bonds is 3. The first-order chi connectivity index (χ1) is 6.50. The molecular formula is C8H9N2O4-. The highest BCUT2D eigenvalue weighted by Gasteiger charge is 2.07. The number of nitrogens with zero attached hydrogens (tertiary/aromatic N) is 1. The van der Waals surface area contributed by atoms with Gasteiger partial charge in [-0.1, -0.05) is 6.07 Å². The first-order valence-corrected chi connectivity index (χ1v) is 3.77. The number of hydrogen-bond acceptors (Lipinski definition) is 5. The van der Waals surface area contributed by atoms with Crippen molar-refractivity contribution in [1.82, 2.24) is 0 Å². The lowest BCUT2D eigenvalue weighted by Crippen LogP contribution is -2.12. The van der Waals surface area contributed by atoms with Gasteiger partial charge in [0.15, 0.2) is 0 Å². The highest BCUT2D eigenvalue weighted by molar-refractivity contribution is 5.74. The third-order valence-corrected chi connectivity index (χ3v) is 1.66. The van der Waals surface area contributed by atoms with Gasteiger partial charge in [-0.05, 0) is 17.7 Å². The van der Waals surface area contributed by atoms with Crippen LogP contribution in [0, 0.1) is 5.21 Å². The minimum absolute atomic E-state index is 0.146. The second-order valence-electron chi connectivity index (χ2n) is 2.73. The van der Waals surface area contributed by atoms with E-state index in [2.05, 4.69) is 0 Å². The lowest BCUT2D eigenvalue weighted by atomic mass is 10.1. The SMILES string of the molecule is Nc1ccc(CC(=O)O)c(N([O-])O)c1. The molecule has 76 valence electrons. The van der Waals surface area contributed by atoms with Gasteiger partial charge < -0.3 is 21.3 Å². The van der Waals surface area contributed by atoms with Crippen molar-refractivity contribution >= 4 is 17.3 Å². The summed E-state index contributed by atoms with van der Waals surface area (Å²) in [5, 5.41) is 27.4. The number of aliphatic carboxylic acids is 1. The van der Waals surface area contributed by atoms with Gasteiger partial charge in [0.05, 0.1) is 12.1 Å². The Bertz CT molecular complexity index is 351. The Balaban J connectivity index is 3.08. The molecular weight excluding hydrogens is 188 g/mol. The van der Waals surface area contributed by atoms with Crippen LogP contribution in [-0.4, -0.2) is 16.3 Å². The second-order valence-corrected chi connectivity index (χ2v) is 2.73. The van der Waals surface area contributed by atoms with Crippen LogP contribution in [0.3, 0.4) is 0 Å². The number of benzene rings is 1. The summed E-state index contributed by atoms with van der Waals surface area (Å²) in [6, 6.07) is 4.07. The van der Waals surface area contributed by atoms with E-state index in [9.17, 15) is 10.0 Å². The van der Waals surface area contributed by atoms with Crippen LogP contribution in [0.15, 0.2) is 18.2 Å². The Kier molecular flexibility index (Phi) is 2.90. The Morgan fingerprint density at radius 3 is 2.71 bits per heavy atom. The smallest absolute Gasteiger partial charge is 0.307 e. The van der Waals surface area contributed by atoms with E-state index in [1.54, 1.807) is 0 Å². The van der Waals surface area contributed by atoms with Crippen molar-refractivity contribution in [3.8, 4) is 0 Å². The summed E-state index contributed by atoms with van der Waals surface area (Å²) in [5.74, 6) is -1.09. The zero-order valence-corrected chi connectivity index (χ0v) is 7.17. The van der Waals surface area contributed by atoms with Gasteiger partial charge in [-0.3, -0.25) is 10.0 Å². The molecule has 1 aromatic carbocycles. The summed E-state index contributed by atoms with van der Waals surface area (Å²) >= 11 is 0. The van der Waals surface area contributed by atoms with Crippen molar-refractivity contribution in [3.63, 3.8) is 0 Å². The first-order valence-electron chi connectivity index (χ1n) is 3.77. The molecule has 0 aliphatic heterocycles. The summed E-state index contributed by atoms with van der Waals surface area (Å²) in [5.41, 5.74) is 5.72. The zero-order chi connectivity index (χ0) is 10.7. The normalized spacial score (nSPS) is 9.86. The fourth-order valence-electron chi connectivity index (χ4n) is 1.07. The number of nitrogens with two attached hydrogens (primary N) is 1.